The summed E-state index contributed by atoms with van der Waals surface area (Å²) in [5.41, 5.74) is 8.59. The molecule has 2 aromatic rings. The van der Waals surface area contributed by atoms with Gasteiger partial charge in [-0.15, -0.1) is 0 Å². The molecule has 1 aromatic carbocycles. The van der Waals surface area contributed by atoms with E-state index >= 15 is 0 Å². The molecule has 0 amide bonds. The van der Waals surface area contributed by atoms with Gasteiger partial charge in [0.15, 0.2) is 0 Å². The van der Waals surface area contributed by atoms with Crippen LogP contribution in [0.2, 0.25) is 0 Å². The molecule has 2 N–H and O–H groups in total. The minimum absolute atomic E-state index is 0.0366. The van der Waals surface area contributed by atoms with E-state index < -0.39 is 6.04 Å². The zero-order chi connectivity index (χ0) is 13.3. The van der Waals surface area contributed by atoms with Crippen molar-refractivity contribution >= 4 is 15.9 Å². The fourth-order valence-corrected chi connectivity index (χ4v) is 2.10. The Morgan fingerprint density at radius 2 is 1.78 bits per heavy atom. The van der Waals surface area contributed by atoms with E-state index in [9.17, 15) is 4.79 Å². The normalized spacial score (nSPS) is 12.4. The minimum atomic E-state index is -0.391. The molecule has 0 saturated carbocycles. The first-order chi connectivity index (χ1) is 8.50. The van der Waals surface area contributed by atoms with Crippen molar-refractivity contribution in [2.75, 3.05) is 0 Å². The van der Waals surface area contributed by atoms with Gasteiger partial charge in [-0.1, -0.05) is 28.1 Å². The smallest absolute Gasteiger partial charge is 0.255 e. The zero-order valence-electron chi connectivity index (χ0n) is 10.4. The minimum Gasteiger partial charge on any atom is -0.320 e. The average molecular weight is 307 g/mol. The Morgan fingerprint density at radius 3 is 2.39 bits per heavy atom. The highest BCUT2D eigenvalue weighted by Crippen LogP contribution is 2.19. The number of halogens is 1. The molecule has 1 aromatic heterocycles. The van der Waals surface area contributed by atoms with E-state index in [1.54, 1.807) is 11.6 Å². The van der Waals surface area contributed by atoms with Crippen molar-refractivity contribution in [3.05, 3.63) is 68.0 Å². The Morgan fingerprint density at radius 1 is 1.17 bits per heavy atom. The lowest BCUT2D eigenvalue weighted by molar-refractivity contribution is 0.762. The molecule has 2 rings (SSSR count). The summed E-state index contributed by atoms with van der Waals surface area (Å²) in [6.07, 6.45) is 0. The summed E-state index contributed by atoms with van der Waals surface area (Å²) in [7, 11) is 1.76. The molecular formula is C14H15BrN2O. The van der Waals surface area contributed by atoms with Gasteiger partial charge in [-0.2, -0.15) is 0 Å². The lowest BCUT2D eigenvalue weighted by atomic mass is 10.0. The number of nitrogens with zero attached hydrogens (tertiary/aromatic N) is 1. The van der Waals surface area contributed by atoms with Crippen molar-refractivity contribution in [1.82, 2.24) is 4.57 Å². The molecule has 4 heteroatoms. The third-order valence-electron chi connectivity index (χ3n) is 3.15. The highest BCUT2D eigenvalue weighted by molar-refractivity contribution is 9.10. The number of benzene rings is 1. The van der Waals surface area contributed by atoms with Gasteiger partial charge < -0.3 is 10.3 Å². The van der Waals surface area contributed by atoms with Gasteiger partial charge in [-0.3, -0.25) is 4.79 Å². The summed E-state index contributed by atoms with van der Waals surface area (Å²) in [5, 5.41) is 0. The maximum absolute atomic E-state index is 12.1. The molecule has 0 aliphatic heterocycles. The van der Waals surface area contributed by atoms with E-state index in [0.29, 0.717) is 5.56 Å². The number of nitrogens with two attached hydrogens (primary N) is 1. The topological polar surface area (TPSA) is 48.0 Å². The van der Waals surface area contributed by atoms with E-state index in [2.05, 4.69) is 15.9 Å². The second kappa shape index (κ2) is 5.08. The van der Waals surface area contributed by atoms with Crippen LogP contribution in [0.4, 0.5) is 0 Å². The molecule has 3 nitrogen and oxygen atoms in total. The molecular weight excluding hydrogens is 292 g/mol. The van der Waals surface area contributed by atoms with Gasteiger partial charge in [0.05, 0.1) is 6.04 Å². The van der Waals surface area contributed by atoms with Crippen LogP contribution in [0.5, 0.6) is 0 Å². The van der Waals surface area contributed by atoms with Gasteiger partial charge in [0.2, 0.25) is 0 Å². The monoisotopic (exact) mass is 306 g/mol. The van der Waals surface area contributed by atoms with Crippen LogP contribution < -0.4 is 11.3 Å². The summed E-state index contributed by atoms with van der Waals surface area (Å²) < 4.78 is 2.61. The van der Waals surface area contributed by atoms with Crippen LogP contribution in [-0.2, 0) is 7.05 Å². The molecule has 18 heavy (non-hydrogen) atoms. The van der Waals surface area contributed by atoms with Crippen LogP contribution in [0, 0.1) is 6.92 Å². The van der Waals surface area contributed by atoms with Gasteiger partial charge in [-0.25, -0.2) is 0 Å². The molecule has 0 radical (unpaired) electrons. The van der Waals surface area contributed by atoms with E-state index in [1.807, 2.05) is 43.3 Å². The number of hydrogen-bond acceptors (Lipinski definition) is 2. The Balaban J connectivity index is 2.46. The fraction of sp³-hybridized carbons (Fsp3) is 0.214. The van der Waals surface area contributed by atoms with Crippen molar-refractivity contribution in [2.45, 2.75) is 13.0 Å². The Kier molecular flexibility index (Phi) is 3.68. The lowest BCUT2D eigenvalue weighted by Crippen LogP contribution is -2.28. The Labute approximate surface area is 114 Å². The summed E-state index contributed by atoms with van der Waals surface area (Å²) >= 11 is 3.38. The molecule has 0 spiro atoms. The van der Waals surface area contributed by atoms with E-state index in [4.69, 9.17) is 5.73 Å². The molecule has 0 saturated heterocycles. The maximum atomic E-state index is 12.1. The van der Waals surface area contributed by atoms with Crippen LogP contribution in [0.1, 0.15) is 22.9 Å². The molecule has 0 bridgehead atoms. The molecule has 1 atom stereocenters. The van der Waals surface area contributed by atoms with Crippen molar-refractivity contribution in [3.63, 3.8) is 0 Å². The summed E-state index contributed by atoms with van der Waals surface area (Å²) in [5.74, 6) is 0. The van der Waals surface area contributed by atoms with Crippen LogP contribution in [0.3, 0.4) is 0 Å². The summed E-state index contributed by atoms with van der Waals surface area (Å²) in [4.78, 5) is 12.1. The Hall–Kier alpha value is -1.39. The molecule has 1 heterocycles. The van der Waals surface area contributed by atoms with Crippen LogP contribution in [0.25, 0.3) is 0 Å². The maximum Gasteiger partial charge on any atom is 0.255 e. The number of aromatic nitrogens is 1. The van der Waals surface area contributed by atoms with Gasteiger partial charge in [0.1, 0.15) is 0 Å². The average Bonchev–Trinajstić information content (AvgIpc) is 2.36. The highest BCUT2D eigenvalue weighted by atomic mass is 79.9. The van der Waals surface area contributed by atoms with E-state index in [0.717, 1.165) is 15.7 Å². The van der Waals surface area contributed by atoms with Gasteiger partial charge in [-0.05, 0) is 36.8 Å². The quantitative estimate of drug-likeness (QED) is 0.926. The number of hydrogen-bond donors (Lipinski definition) is 1. The van der Waals surface area contributed by atoms with E-state index in [1.165, 1.54) is 0 Å². The zero-order valence-corrected chi connectivity index (χ0v) is 11.9. The highest BCUT2D eigenvalue weighted by Gasteiger charge is 2.13. The number of pyridine rings is 1. The predicted molar refractivity (Wildman–Crippen MR) is 76.6 cm³/mol. The summed E-state index contributed by atoms with van der Waals surface area (Å²) in [6.45, 7) is 1.90. The summed E-state index contributed by atoms with van der Waals surface area (Å²) in [6, 6.07) is 11.0. The van der Waals surface area contributed by atoms with E-state index in [-0.39, 0.29) is 5.56 Å². The molecule has 1 unspecified atom stereocenters. The van der Waals surface area contributed by atoms with Crippen molar-refractivity contribution in [2.24, 2.45) is 12.8 Å². The largest absolute Gasteiger partial charge is 0.320 e. The second-order valence-electron chi connectivity index (χ2n) is 4.32. The molecule has 0 aliphatic carbocycles. The fourth-order valence-electron chi connectivity index (χ4n) is 1.83. The third kappa shape index (κ3) is 2.40. The lowest BCUT2D eigenvalue weighted by Gasteiger charge is -2.14. The van der Waals surface area contributed by atoms with Crippen molar-refractivity contribution in [1.29, 1.82) is 0 Å². The first-order valence-corrected chi connectivity index (χ1v) is 6.47. The van der Waals surface area contributed by atoms with Crippen molar-refractivity contribution < 1.29 is 0 Å². The number of rotatable bonds is 2. The predicted octanol–water partition coefficient (Wildman–Crippen LogP) is 2.50. The SMILES string of the molecule is Cc1ccc(C(N)c2ccc(Br)cc2)c(=O)n1C. The number of aryl methyl sites for hydroxylation is 1. The standard InChI is InChI=1S/C14H15BrN2O/c1-9-3-8-12(14(18)17(9)2)13(16)10-4-6-11(15)7-5-10/h3-8,13H,16H2,1-2H3. The Bertz CT molecular complexity index is 617. The first kappa shape index (κ1) is 13.1. The van der Waals surface area contributed by atoms with Gasteiger partial charge in [0.25, 0.3) is 5.56 Å². The van der Waals surface area contributed by atoms with Crippen LogP contribution in [-0.4, -0.2) is 4.57 Å². The van der Waals surface area contributed by atoms with Crippen LogP contribution in [0.15, 0.2) is 45.7 Å². The van der Waals surface area contributed by atoms with Gasteiger partial charge in [0, 0.05) is 22.8 Å². The van der Waals surface area contributed by atoms with Crippen molar-refractivity contribution in [3.8, 4) is 0 Å². The molecule has 94 valence electrons. The molecule has 0 aliphatic rings. The van der Waals surface area contributed by atoms with Crippen LogP contribution >= 0.6 is 15.9 Å². The molecule has 0 fully saturated rings. The third-order valence-corrected chi connectivity index (χ3v) is 3.68. The second-order valence-corrected chi connectivity index (χ2v) is 5.24. The first-order valence-electron chi connectivity index (χ1n) is 5.68. The van der Waals surface area contributed by atoms with Gasteiger partial charge >= 0.3 is 0 Å².